The van der Waals surface area contributed by atoms with Crippen molar-refractivity contribution in [1.29, 1.82) is 0 Å². The number of imidazole rings is 1. The molecule has 0 spiro atoms. The van der Waals surface area contributed by atoms with Crippen molar-refractivity contribution in [3.8, 4) is 0 Å². The van der Waals surface area contributed by atoms with Crippen LogP contribution in [-0.2, 0) is 7.05 Å². The Morgan fingerprint density at radius 2 is 2.32 bits per heavy atom. The van der Waals surface area contributed by atoms with Crippen molar-refractivity contribution < 1.29 is 9.32 Å². The molecule has 1 saturated carbocycles. The zero-order chi connectivity index (χ0) is 15.1. The first kappa shape index (κ1) is 13.5. The first-order chi connectivity index (χ1) is 10.7. The zero-order valence-corrected chi connectivity index (χ0v) is 12.5. The van der Waals surface area contributed by atoms with Crippen LogP contribution in [0.1, 0.15) is 46.9 Å². The Morgan fingerprint density at radius 1 is 1.45 bits per heavy atom. The normalized spacial score (nSPS) is 22.0. The van der Waals surface area contributed by atoms with Gasteiger partial charge in [0.1, 0.15) is 17.6 Å². The van der Waals surface area contributed by atoms with Crippen LogP contribution < -0.4 is 5.32 Å². The van der Waals surface area contributed by atoms with E-state index in [0.717, 1.165) is 31.0 Å². The smallest absolute Gasteiger partial charge is 0.276 e. The van der Waals surface area contributed by atoms with E-state index in [4.69, 9.17) is 4.52 Å². The largest absolute Gasteiger partial charge is 0.360 e. The predicted octanol–water partition coefficient (Wildman–Crippen LogP) is 1.07. The Hall–Kier alpha value is -2.15. The molecule has 1 aliphatic heterocycles. The van der Waals surface area contributed by atoms with E-state index in [1.165, 1.54) is 0 Å². The van der Waals surface area contributed by atoms with E-state index >= 15 is 0 Å². The summed E-state index contributed by atoms with van der Waals surface area (Å²) in [6.45, 7) is 2.12. The lowest BCUT2D eigenvalue weighted by atomic mass is 10.1. The Bertz CT molecular complexity index is 688. The van der Waals surface area contributed by atoms with E-state index < -0.39 is 0 Å². The molecule has 2 aromatic rings. The lowest BCUT2D eigenvalue weighted by Crippen LogP contribution is -2.49. The Morgan fingerprint density at radius 3 is 3.05 bits per heavy atom. The average Bonchev–Trinajstić information content (AvgIpc) is 3.11. The number of carbonyl (C=O) groups excluding carboxylic acids is 1. The first-order valence-corrected chi connectivity index (χ1v) is 7.69. The molecule has 2 fully saturated rings. The van der Waals surface area contributed by atoms with E-state index in [9.17, 15) is 4.79 Å². The second-order valence-corrected chi connectivity index (χ2v) is 6.00. The van der Waals surface area contributed by atoms with Gasteiger partial charge in [0, 0.05) is 51.1 Å². The summed E-state index contributed by atoms with van der Waals surface area (Å²) < 4.78 is 7.27. The summed E-state index contributed by atoms with van der Waals surface area (Å²) in [5, 5.41) is 7.31. The van der Waals surface area contributed by atoms with Crippen molar-refractivity contribution in [3.63, 3.8) is 0 Å². The van der Waals surface area contributed by atoms with Gasteiger partial charge < -0.3 is 19.3 Å². The molecule has 3 heterocycles. The summed E-state index contributed by atoms with van der Waals surface area (Å²) in [5.41, 5.74) is 0.406. The van der Waals surface area contributed by atoms with Gasteiger partial charge in [0.15, 0.2) is 5.69 Å². The second-order valence-electron chi connectivity index (χ2n) is 6.00. The number of hydrogen-bond donors (Lipinski definition) is 1. The molecule has 22 heavy (non-hydrogen) atoms. The van der Waals surface area contributed by atoms with E-state index in [1.54, 1.807) is 12.3 Å². The Labute approximate surface area is 128 Å². The van der Waals surface area contributed by atoms with Gasteiger partial charge in [-0.05, 0) is 12.8 Å². The molecule has 7 heteroatoms. The van der Waals surface area contributed by atoms with Gasteiger partial charge in [-0.25, -0.2) is 4.98 Å². The minimum atomic E-state index is -0.0812. The number of nitrogens with one attached hydrogen (secondary N) is 1. The fourth-order valence-corrected chi connectivity index (χ4v) is 2.97. The monoisotopic (exact) mass is 301 g/mol. The maximum absolute atomic E-state index is 12.8. The second kappa shape index (κ2) is 5.24. The molecule has 116 valence electrons. The van der Waals surface area contributed by atoms with Gasteiger partial charge in [0.25, 0.3) is 5.91 Å². The number of nitrogens with zero attached hydrogens (tertiary/aromatic N) is 4. The quantitative estimate of drug-likeness (QED) is 0.918. The molecule has 2 aromatic heterocycles. The zero-order valence-electron chi connectivity index (χ0n) is 12.5. The highest BCUT2D eigenvalue weighted by atomic mass is 16.5. The lowest BCUT2D eigenvalue weighted by Gasteiger charge is -2.35. The SMILES string of the molecule is Cn1ccnc1C1CNCCN1C(=O)c1cc(C2CC2)on1. The minimum Gasteiger partial charge on any atom is -0.360 e. The van der Waals surface area contributed by atoms with E-state index in [-0.39, 0.29) is 11.9 Å². The third kappa shape index (κ3) is 2.31. The molecule has 2 aliphatic rings. The van der Waals surface area contributed by atoms with Crippen LogP contribution >= 0.6 is 0 Å². The highest BCUT2D eigenvalue weighted by Crippen LogP contribution is 2.40. The summed E-state index contributed by atoms with van der Waals surface area (Å²) in [7, 11) is 1.95. The Kier molecular flexibility index (Phi) is 3.22. The lowest BCUT2D eigenvalue weighted by molar-refractivity contribution is 0.0610. The molecule has 4 rings (SSSR count). The first-order valence-electron chi connectivity index (χ1n) is 7.69. The summed E-state index contributed by atoms with van der Waals surface area (Å²) in [6, 6.07) is 1.72. The molecule has 1 unspecified atom stereocenters. The van der Waals surface area contributed by atoms with Gasteiger partial charge in [-0.3, -0.25) is 4.79 Å². The third-order valence-corrected chi connectivity index (χ3v) is 4.39. The number of amides is 1. The molecule has 1 amide bonds. The summed E-state index contributed by atoms with van der Waals surface area (Å²) >= 11 is 0. The molecular weight excluding hydrogens is 282 g/mol. The standard InChI is InChI=1S/C15H19N5O2/c1-19-6-5-17-14(19)12-9-16-4-7-20(12)15(21)11-8-13(22-18-11)10-2-3-10/h5-6,8,10,12,16H,2-4,7,9H2,1H3. The van der Waals surface area contributed by atoms with E-state index in [0.29, 0.717) is 24.7 Å². The average molecular weight is 301 g/mol. The van der Waals surface area contributed by atoms with E-state index in [2.05, 4.69) is 15.5 Å². The van der Waals surface area contributed by atoms with Crippen LogP contribution in [0.2, 0.25) is 0 Å². The summed E-state index contributed by atoms with van der Waals surface area (Å²) in [4.78, 5) is 19.0. The van der Waals surface area contributed by atoms with Crippen molar-refractivity contribution in [2.75, 3.05) is 19.6 Å². The van der Waals surface area contributed by atoms with Gasteiger partial charge >= 0.3 is 0 Å². The van der Waals surface area contributed by atoms with Gasteiger partial charge in [-0.2, -0.15) is 0 Å². The van der Waals surface area contributed by atoms with Crippen molar-refractivity contribution in [2.24, 2.45) is 7.05 Å². The minimum absolute atomic E-state index is 0.0786. The number of hydrogen-bond acceptors (Lipinski definition) is 5. The molecule has 1 aliphatic carbocycles. The maximum atomic E-state index is 12.8. The van der Waals surface area contributed by atoms with Crippen LogP contribution in [0.15, 0.2) is 23.0 Å². The molecule has 1 N–H and O–H groups in total. The van der Waals surface area contributed by atoms with E-state index in [1.807, 2.05) is 22.7 Å². The summed E-state index contributed by atoms with van der Waals surface area (Å²) in [5.74, 6) is 2.10. The number of piperazine rings is 1. The Balaban J connectivity index is 1.60. The molecule has 1 atom stereocenters. The van der Waals surface area contributed by atoms with Gasteiger partial charge in [0.2, 0.25) is 0 Å². The topological polar surface area (TPSA) is 76.2 Å². The van der Waals surface area contributed by atoms with Crippen molar-refractivity contribution >= 4 is 5.91 Å². The number of aromatic nitrogens is 3. The molecule has 0 radical (unpaired) electrons. The van der Waals surface area contributed by atoms with Crippen molar-refractivity contribution in [2.45, 2.75) is 24.8 Å². The fourth-order valence-electron chi connectivity index (χ4n) is 2.97. The van der Waals surface area contributed by atoms with Crippen LogP contribution in [0.5, 0.6) is 0 Å². The molecule has 1 saturated heterocycles. The highest BCUT2D eigenvalue weighted by Gasteiger charge is 2.34. The number of rotatable bonds is 3. The number of aryl methyl sites for hydroxylation is 1. The van der Waals surface area contributed by atoms with Crippen LogP contribution in [0.3, 0.4) is 0 Å². The predicted molar refractivity (Wildman–Crippen MR) is 78.3 cm³/mol. The number of carbonyl (C=O) groups is 1. The van der Waals surface area contributed by atoms with Crippen LogP contribution in [0, 0.1) is 0 Å². The van der Waals surface area contributed by atoms with Gasteiger partial charge in [-0.15, -0.1) is 0 Å². The van der Waals surface area contributed by atoms with Crippen LogP contribution in [0.4, 0.5) is 0 Å². The van der Waals surface area contributed by atoms with Gasteiger partial charge in [-0.1, -0.05) is 5.16 Å². The maximum Gasteiger partial charge on any atom is 0.276 e. The fraction of sp³-hybridized carbons (Fsp3) is 0.533. The van der Waals surface area contributed by atoms with Crippen molar-refractivity contribution in [3.05, 3.63) is 35.7 Å². The van der Waals surface area contributed by atoms with Gasteiger partial charge in [0.05, 0.1) is 0 Å². The molecule has 0 bridgehead atoms. The highest BCUT2D eigenvalue weighted by molar-refractivity contribution is 5.92. The van der Waals surface area contributed by atoms with Crippen LogP contribution in [0.25, 0.3) is 0 Å². The summed E-state index contributed by atoms with van der Waals surface area (Å²) in [6.07, 6.45) is 5.92. The molecule has 7 nitrogen and oxygen atoms in total. The third-order valence-electron chi connectivity index (χ3n) is 4.39. The van der Waals surface area contributed by atoms with Crippen LogP contribution in [-0.4, -0.2) is 45.1 Å². The molecular formula is C15H19N5O2. The molecule has 0 aromatic carbocycles. The van der Waals surface area contributed by atoms with Crippen molar-refractivity contribution in [1.82, 2.24) is 24.9 Å².